The van der Waals surface area contributed by atoms with Gasteiger partial charge in [0.25, 0.3) is 0 Å². The van der Waals surface area contributed by atoms with Gasteiger partial charge in [-0.15, -0.1) is 12.4 Å². The SMILES string of the molecule is CC1CCC(C)N(C(=O)CC2CCNCC2)C1.Cl. The van der Waals surface area contributed by atoms with Crippen LogP contribution >= 0.6 is 12.4 Å². The van der Waals surface area contributed by atoms with Crippen molar-refractivity contribution in [3.05, 3.63) is 0 Å². The van der Waals surface area contributed by atoms with Crippen molar-refractivity contribution in [2.45, 2.75) is 52.0 Å². The lowest BCUT2D eigenvalue weighted by atomic mass is 9.91. The monoisotopic (exact) mass is 274 g/mol. The topological polar surface area (TPSA) is 32.3 Å². The Hall–Kier alpha value is -0.280. The third-order valence-electron chi connectivity index (χ3n) is 4.36. The number of likely N-dealkylation sites (tertiary alicyclic amines) is 1. The highest BCUT2D eigenvalue weighted by Gasteiger charge is 2.28. The van der Waals surface area contributed by atoms with Crippen LogP contribution in [0.25, 0.3) is 0 Å². The van der Waals surface area contributed by atoms with Crippen molar-refractivity contribution >= 4 is 18.3 Å². The van der Waals surface area contributed by atoms with E-state index in [2.05, 4.69) is 24.1 Å². The molecule has 18 heavy (non-hydrogen) atoms. The van der Waals surface area contributed by atoms with E-state index in [4.69, 9.17) is 0 Å². The summed E-state index contributed by atoms with van der Waals surface area (Å²) in [4.78, 5) is 14.5. The van der Waals surface area contributed by atoms with Gasteiger partial charge in [-0.05, 0) is 57.5 Å². The minimum absolute atomic E-state index is 0. The summed E-state index contributed by atoms with van der Waals surface area (Å²) >= 11 is 0. The average Bonchev–Trinajstić information content (AvgIpc) is 2.33. The number of hydrogen-bond donors (Lipinski definition) is 1. The first-order valence-corrected chi connectivity index (χ1v) is 7.17. The number of rotatable bonds is 2. The average molecular weight is 275 g/mol. The smallest absolute Gasteiger partial charge is 0.223 e. The molecule has 2 aliphatic heterocycles. The first-order chi connectivity index (χ1) is 8.16. The Morgan fingerprint density at radius 2 is 1.83 bits per heavy atom. The molecule has 0 bridgehead atoms. The van der Waals surface area contributed by atoms with E-state index in [1.54, 1.807) is 0 Å². The van der Waals surface area contributed by atoms with Crippen LogP contribution in [0.15, 0.2) is 0 Å². The maximum atomic E-state index is 12.3. The van der Waals surface area contributed by atoms with E-state index in [1.165, 1.54) is 25.7 Å². The van der Waals surface area contributed by atoms with Gasteiger partial charge in [0.05, 0.1) is 0 Å². The lowest BCUT2D eigenvalue weighted by Crippen LogP contribution is -2.45. The van der Waals surface area contributed by atoms with Crippen LogP contribution in [0.2, 0.25) is 0 Å². The van der Waals surface area contributed by atoms with Gasteiger partial charge in [-0.1, -0.05) is 6.92 Å². The van der Waals surface area contributed by atoms with Crippen molar-refractivity contribution in [2.24, 2.45) is 11.8 Å². The van der Waals surface area contributed by atoms with Gasteiger partial charge in [0.2, 0.25) is 5.91 Å². The van der Waals surface area contributed by atoms with Gasteiger partial charge in [-0.25, -0.2) is 0 Å². The number of piperidine rings is 2. The Kier molecular flexibility index (Phi) is 6.44. The second kappa shape index (κ2) is 7.34. The number of carbonyl (C=O) groups excluding carboxylic acids is 1. The number of nitrogens with one attached hydrogen (secondary N) is 1. The summed E-state index contributed by atoms with van der Waals surface area (Å²) in [6.07, 6.45) is 5.57. The van der Waals surface area contributed by atoms with Crippen LogP contribution in [-0.4, -0.2) is 36.5 Å². The molecule has 0 spiro atoms. The van der Waals surface area contributed by atoms with E-state index in [9.17, 15) is 4.79 Å². The molecule has 2 aliphatic rings. The molecule has 106 valence electrons. The summed E-state index contributed by atoms with van der Waals surface area (Å²) in [6, 6.07) is 0.459. The lowest BCUT2D eigenvalue weighted by molar-refractivity contribution is -0.136. The zero-order chi connectivity index (χ0) is 12.3. The van der Waals surface area contributed by atoms with Gasteiger partial charge in [-0.3, -0.25) is 4.79 Å². The molecule has 2 saturated heterocycles. The van der Waals surface area contributed by atoms with Gasteiger partial charge in [-0.2, -0.15) is 0 Å². The third kappa shape index (κ3) is 4.13. The van der Waals surface area contributed by atoms with Crippen LogP contribution in [0.1, 0.15) is 46.0 Å². The van der Waals surface area contributed by atoms with Crippen molar-refractivity contribution in [3.63, 3.8) is 0 Å². The zero-order valence-electron chi connectivity index (χ0n) is 11.7. The summed E-state index contributed by atoms with van der Waals surface area (Å²) in [5.74, 6) is 1.70. The Morgan fingerprint density at radius 1 is 1.17 bits per heavy atom. The molecular formula is C14H27ClN2O. The van der Waals surface area contributed by atoms with Crippen LogP contribution in [0.3, 0.4) is 0 Å². The van der Waals surface area contributed by atoms with Crippen LogP contribution < -0.4 is 5.32 Å². The molecule has 1 N–H and O–H groups in total. The summed E-state index contributed by atoms with van der Waals surface area (Å²) < 4.78 is 0. The highest BCUT2D eigenvalue weighted by atomic mass is 35.5. The summed E-state index contributed by atoms with van der Waals surface area (Å²) in [5.41, 5.74) is 0. The minimum Gasteiger partial charge on any atom is -0.340 e. The fraction of sp³-hybridized carbons (Fsp3) is 0.929. The number of nitrogens with zero attached hydrogens (tertiary/aromatic N) is 1. The molecular weight excluding hydrogens is 248 g/mol. The Balaban J connectivity index is 0.00000162. The van der Waals surface area contributed by atoms with Crippen molar-refractivity contribution in [1.82, 2.24) is 10.2 Å². The van der Waals surface area contributed by atoms with Crippen molar-refractivity contribution in [3.8, 4) is 0 Å². The fourth-order valence-electron chi connectivity index (χ4n) is 3.09. The number of halogens is 1. The largest absolute Gasteiger partial charge is 0.340 e. The second-order valence-corrected chi connectivity index (χ2v) is 5.98. The number of hydrogen-bond acceptors (Lipinski definition) is 2. The molecule has 1 amide bonds. The van der Waals surface area contributed by atoms with E-state index >= 15 is 0 Å². The highest BCUT2D eigenvalue weighted by molar-refractivity contribution is 5.85. The summed E-state index contributed by atoms with van der Waals surface area (Å²) in [7, 11) is 0. The molecule has 2 atom stereocenters. The van der Waals surface area contributed by atoms with E-state index in [0.717, 1.165) is 26.1 Å². The van der Waals surface area contributed by atoms with Gasteiger partial charge < -0.3 is 10.2 Å². The normalized spacial score (nSPS) is 29.8. The molecule has 2 heterocycles. The molecule has 0 aromatic heterocycles. The van der Waals surface area contributed by atoms with E-state index in [0.29, 0.717) is 23.8 Å². The molecule has 0 aromatic rings. The first kappa shape index (κ1) is 15.8. The van der Waals surface area contributed by atoms with E-state index in [1.807, 2.05) is 0 Å². The minimum atomic E-state index is 0. The van der Waals surface area contributed by atoms with E-state index < -0.39 is 0 Å². The van der Waals surface area contributed by atoms with Crippen molar-refractivity contribution < 1.29 is 4.79 Å². The predicted octanol–water partition coefficient (Wildman–Crippen LogP) is 2.44. The molecule has 0 saturated carbocycles. The van der Waals surface area contributed by atoms with Crippen LogP contribution in [0.5, 0.6) is 0 Å². The standard InChI is InChI=1S/C14H26N2O.ClH/c1-11-3-4-12(2)16(10-11)14(17)9-13-5-7-15-8-6-13;/h11-13,15H,3-10H2,1-2H3;1H. The molecule has 2 rings (SSSR count). The fourth-order valence-corrected chi connectivity index (χ4v) is 3.09. The van der Waals surface area contributed by atoms with Crippen molar-refractivity contribution in [2.75, 3.05) is 19.6 Å². The Labute approximate surface area is 117 Å². The maximum absolute atomic E-state index is 12.3. The quantitative estimate of drug-likeness (QED) is 0.839. The highest BCUT2D eigenvalue weighted by Crippen LogP contribution is 2.24. The third-order valence-corrected chi connectivity index (χ3v) is 4.36. The van der Waals surface area contributed by atoms with Crippen LogP contribution in [0, 0.1) is 11.8 Å². The predicted molar refractivity (Wildman–Crippen MR) is 77.0 cm³/mol. The Bertz CT molecular complexity index is 267. The zero-order valence-corrected chi connectivity index (χ0v) is 12.5. The van der Waals surface area contributed by atoms with Gasteiger partial charge in [0, 0.05) is 19.0 Å². The molecule has 0 aliphatic carbocycles. The second-order valence-electron chi connectivity index (χ2n) is 5.98. The Morgan fingerprint density at radius 3 is 2.50 bits per heavy atom. The van der Waals surface area contributed by atoms with Crippen LogP contribution in [-0.2, 0) is 4.79 Å². The summed E-state index contributed by atoms with van der Waals surface area (Å²) in [5, 5.41) is 3.36. The number of amides is 1. The van der Waals surface area contributed by atoms with Gasteiger partial charge >= 0.3 is 0 Å². The molecule has 3 nitrogen and oxygen atoms in total. The lowest BCUT2D eigenvalue weighted by Gasteiger charge is -2.38. The van der Waals surface area contributed by atoms with Crippen LogP contribution in [0.4, 0.5) is 0 Å². The molecule has 2 unspecified atom stereocenters. The maximum Gasteiger partial charge on any atom is 0.223 e. The van der Waals surface area contributed by atoms with E-state index in [-0.39, 0.29) is 12.4 Å². The number of carbonyl (C=O) groups is 1. The van der Waals surface area contributed by atoms with Crippen molar-refractivity contribution in [1.29, 1.82) is 0 Å². The first-order valence-electron chi connectivity index (χ1n) is 7.17. The van der Waals surface area contributed by atoms with Gasteiger partial charge in [0.1, 0.15) is 0 Å². The molecule has 4 heteroatoms. The molecule has 2 fully saturated rings. The molecule has 0 aromatic carbocycles. The summed E-state index contributed by atoms with van der Waals surface area (Å²) in [6.45, 7) is 7.61. The molecule has 0 radical (unpaired) electrons. The van der Waals surface area contributed by atoms with Gasteiger partial charge in [0.15, 0.2) is 0 Å².